The second-order valence-corrected chi connectivity index (χ2v) is 4.84. The molecule has 0 aromatic heterocycles. The molecule has 1 aliphatic rings. The van der Waals surface area contributed by atoms with E-state index in [1.54, 1.807) is 0 Å². The Kier molecular flexibility index (Phi) is 4.08. The maximum Gasteiger partial charge on any atom is 0.0447 e. The molecule has 1 aromatic rings. The largest absolute Gasteiger partial charge is 0.371 e. The Hall–Kier alpha value is -0.730. The fraction of sp³-hybridized carbons (Fsp3) is 0.538. The van der Waals surface area contributed by atoms with Crippen LogP contribution in [0.3, 0.4) is 0 Å². The maximum atomic E-state index is 5.85. The first-order valence-electron chi connectivity index (χ1n) is 5.92. The van der Waals surface area contributed by atoms with E-state index in [1.165, 1.54) is 12.8 Å². The molecular formula is C13H18ClN2. The van der Waals surface area contributed by atoms with E-state index >= 15 is 0 Å². The zero-order valence-electron chi connectivity index (χ0n) is 9.45. The first-order valence-corrected chi connectivity index (χ1v) is 6.29. The Morgan fingerprint density at radius 2 is 2.12 bits per heavy atom. The highest BCUT2D eigenvalue weighted by Crippen LogP contribution is 2.25. The van der Waals surface area contributed by atoms with E-state index in [2.05, 4.69) is 11.0 Å². The van der Waals surface area contributed by atoms with Crippen molar-refractivity contribution in [1.82, 2.24) is 0 Å². The summed E-state index contributed by atoms with van der Waals surface area (Å²) >= 11 is 5.85. The Labute approximate surface area is 102 Å². The third kappa shape index (κ3) is 2.89. The van der Waals surface area contributed by atoms with Gasteiger partial charge in [0.05, 0.1) is 0 Å². The molecule has 0 unspecified atom stereocenters. The van der Waals surface area contributed by atoms with Crippen LogP contribution in [0, 0.1) is 12.0 Å². The number of piperidine rings is 1. The van der Waals surface area contributed by atoms with E-state index in [9.17, 15) is 0 Å². The van der Waals surface area contributed by atoms with Crippen molar-refractivity contribution in [1.29, 1.82) is 0 Å². The van der Waals surface area contributed by atoms with E-state index in [4.69, 9.17) is 17.3 Å². The van der Waals surface area contributed by atoms with Crippen LogP contribution in [0.25, 0.3) is 0 Å². The predicted octanol–water partition coefficient (Wildman–Crippen LogP) is 2.71. The van der Waals surface area contributed by atoms with Gasteiger partial charge in [0.2, 0.25) is 0 Å². The molecule has 2 nitrogen and oxygen atoms in total. The van der Waals surface area contributed by atoms with E-state index < -0.39 is 0 Å². The minimum absolute atomic E-state index is 0.752. The lowest BCUT2D eigenvalue weighted by Crippen LogP contribution is -2.34. The summed E-state index contributed by atoms with van der Waals surface area (Å²) in [5.41, 5.74) is 6.75. The van der Waals surface area contributed by atoms with Crippen LogP contribution in [0.4, 0.5) is 5.69 Å². The molecule has 0 bridgehead atoms. The van der Waals surface area contributed by atoms with Gasteiger partial charge in [0, 0.05) is 29.9 Å². The highest BCUT2D eigenvalue weighted by molar-refractivity contribution is 6.30. The minimum Gasteiger partial charge on any atom is -0.371 e. The fourth-order valence-electron chi connectivity index (χ4n) is 2.29. The van der Waals surface area contributed by atoms with Gasteiger partial charge in [0.15, 0.2) is 0 Å². The molecule has 87 valence electrons. The summed E-state index contributed by atoms with van der Waals surface area (Å²) in [4.78, 5) is 2.38. The highest BCUT2D eigenvalue weighted by Gasteiger charge is 2.18. The summed E-state index contributed by atoms with van der Waals surface area (Å²) in [7, 11) is 0. The minimum atomic E-state index is 0.752. The van der Waals surface area contributed by atoms with Crippen LogP contribution < -0.4 is 10.6 Å². The Morgan fingerprint density at radius 1 is 1.38 bits per heavy atom. The first-order chi connectivity index (χ1) is 7.79. The summed E-state index contributed by atoms with van der Waals surface area (Å²) < 4.78 is 0. The highest BCUT2D eigenvalue weighted by atomic mass is 35.5. The Bertz CT molecular complexity index is 315. The summed E-state index contributed by atoms with van der Waals surface area (Å²) in [5.74, 6) is 0.813. The van der Waals surface area contributed by atoms with Crippen LogP contribution in [-0.4, -0.2) is 19.6 Å². The monoisotopic (exact) mass is 237 g/mol. The Balaban J connectivity index is 1.91. The van der Waals surface area contributed by atoms with Crippen LogP contribution in [0.2, 0.25) is 5.02 Å². The molecule has 0 atom stereocenters. The van der Waals surface area contributed by atoms with Gasteiger partial charge in [-0.05, 0) is 49.9 Å². The van der Waals surface area contributed by atoms with Gasteiger partial charge >= 0.3 is 0 Å². The summed E-state index contributed by atoms with van der Waals surface area (Å²) in [5, 5.41) is 0.752. The standard InChI is InChI=1S/C13H18ClN2/c14-12-1-3-13(4-2-12)16-9-6-11(5-8-15)7-10-16/h1-3,11H,5-10,15H2. The van der Waals surface area contributed by atoms with Crippen LogP contribution in [0.5, 0.6) is 0 Å². The number of hydrogen-bond donors (Lipinski definition) is 1. The van der Waals surface area contributed by atoms with Crippen LogP contribution >= 0.6 is 11.6 Å². The van der Waals surface area contributed by atoms with Crippen molar-refractivity contribution in [2.75, 3.05) is 24.5 Å². The summed E-state index contributed by atoms with van der Waals surface area (Å²) in [6, 6.07) is 9.04. The van der Waals surface area contributed by atoms with Gasteiger partial charge in [-0.3, -0.25) is 0 Å². The SMILES string of the molecule is NCCC1CCN(c2[c]cc(Cl)cc2)CC1. The number of anilines is 1. The lowest BCUT2D eigenvalue weighted by molar-refractivity contribution is 0.386. The molecule has 0 aliphatic carbocycles. The van der Waals surface area contributed by atoms with Gasteiger partial charge in [-0.1, -0.05) is 11.6 Å². The van der Waals surface area contributed by atoms with Crippen molar-refractivity contribution >= 4 is 17.3 Å². The van der Waals surface area contributed by atoms with E-state index in [-0.39, 0.29) is 0 Å². The van der Waals surface area contributed by atoms with Crippen LogP contribution in [0.15, 0.2) is 18.2 Å². The lowest BCUT2D eigenvalue weighted by Gasteiger charge is -2.33. The van der Waals surface area contributed by atoms with Crippen LogP contribution in [-0.2, 0) is 0 Å². The van der Waals surface area contributed by atoms with Gasteiger partial charge in [0.25, 0.3) is 0 Å². The molecule has 0 spiro atoms. The number of nitrogens with zero attached hydrogens (tertiary/aromatic N) is 1. The number of benzene rings is 1. The van der Waals surface area contributed by atoms with Crippen LogP contribution in [0.1, 0.15) is 19.3 Å². The molecule has 0 amide bonds. The molecule has 1 aliphatic heterocycles. The van der Waals surface area contributed by atoms with Gasteiger partial charge in [-0.25, -0.2) is 0 Å². The molecule has 1 heterocycles. The smallest absolute Gasteiger partial charge is 0.0447 e. The average molecular weight is 238 g/mol. The number of halogens is 1. The molecule has 1 aromatic carbocycles. The normalized spacial score (nSPS) is 17.8. The second kappa shape index (κ2) is 5.55. The lowest BCUT2D eigenvalue weighted by atomic mass is 9.93. The zero-order chi connectivity index (χ0) is 11.4. The molecule has 16 heavy (non-hydrogen) atoms. The maximum absolute atomic E-state index is 5.85. The van der Waals surface area contributed by atoms with E-state index in [0.717, 1.165) is 42.7 Å². The van der Waals surface area contributed by atoms with Gasteiger partial charge in [-0.2, -0.15) is 0 Å². The van der Waals surface area contributed by atoms with Crippen molar-refractivity contribution in [3.8, 4) is 0 Å². The van der Waals surface area contributed by atoms with Gasteiger partial charge in [-0.15, -0.1) is 0 Å². The Morgan fingerprint density at radius 3 is 2.69 bits per heavy atom. The molecule has 1 fully saturated rings. The molecule has 1 radical (unpaired) electrons. The van der Waals surface area contributed by atoms with Crippen molar-refractivity contribution < 1.29 is 0 Å². The topological polar surface area (TPSA) is 29.3 Å². The van der Waals surface area contributed by atoms with E-state index in [1.807, 2.05) is 18.2 Å². The quantitative estimate of drug-likeness (QED) is 0.876. The number of hydrogen-bond acceptors (Lipinski definition) is 2. The third-order valence-electron chi connectivity index (χ3n) is 3.29. The number of nitrogens with two attached hydrogens (primary N) is 1. The van der Waals surface area contributed by atoms with Crippen molar-refractivity contribution in [3.63, 3.8) is 0 Å². The number of rotatable bonds is 3. The molecular weight excluding hydrogens is 220 g/mol. The van der Waals surface area contributed by atoms with Gasteiger partial charge in [0.1, 0.15) is 0 Å². The van der Waals surface area contributed by atoms with E-state index in [0.29, 0.717) is 0 Å². The average Bonchev–Trinajstić information content (AvgIpc) is 2.32. The van der Waals surface area contributed by atoms with Crippen molar-refractivity contribution in [2.24, 2.45) is 11.7 Å². The molecule has 3 heteroatoms. The zero-order valence-corrected chi connectivity index (χ0v) is 10.2. The summed E-state index contributed by atoms with van der Waals surface area (Å²) in [6.07, 6.45) is 3.65. The fourth-order valence-corrected chi connectivity index (χ4v) is 2.41. The molecule has 2 rings (SSSR count). The second-order valence-electron chi connectivity index (χ2n) is 4.40. The predicted molar refractivity (Wildman–Crippen MR) is 68.9 cm³/mol. The molecule has 1 saturated heterocycles. The molecule has 2 N–H and O–H groups in total. The molecule has 0 saturated carbocycles. The third-order valence-corrected chi connectivity index (χ3v) is 3.52. The first kappa shape index (κ1) is 11.7. The summed E-state index contributed by atoms with van der Waals surface area (Å²) in [6.45, 7) is 3.04. The van der Waals surface area contributed by atoms with Crippen molar-refractivity contribution in [3.05, 3.63) is 29.3 Å². The van der Waals surface area contributed by atoms with Crippen molar-refractivity contribution in [2.45, 2.75) is 19.3 Å². The van der Waals surface area contributed by atoms with Gasteiger partial charge < -0.3 is 10.6 Å².